The molecular weight excluding hydrogens is 492 g/mol. The number of fused-ring (bicyclic) bond motifs is 1. The number of nitrogens with zero attached hydrogens (tertiary/aromatic N) is 2. The number of ether oxygens (including phenoxy) is 2. The Morgan fingerprint density at radius 2 is 1.32 bits per heavy atom. The molecule has 0 saturated heterocycles. The minimum Gasteiger partial charge on any atom is -0.447 e. The molecule has 0 aliphatic carbocycles. The molecule has 188 valence electrons. The summed E-state index contributed by atoms with van der Waals surface area (Å²) >= 11 is 1.13. The molecule has 37 heavy (non-hydrogen) atoms. The van der Waals surface area contributed by atoms with Crippen molar-refractivity contribution < 1.29 is 28.7 Å². The number of aryl methyl sites for hydroxylation is 1. The first-order valence-corrected chi connectivity index (χ1v) is 12.3. The molecule has 1 heterocycles. The number of benzene rings is 3. The number of amides is 1. The van der Waals surface area contributed by atoms with Crippen molar-refractivity contribution in [3.8, 4) is 0 Å². The SMILES string of the molecule is CC(=O)O[C@@H](C(=O)N=c1sc2cc(C)ccc2n1C(=O)[C@H](OC(C)=O)c1ccccc1)c1ccccc1. The van der Waals surface area contributed by atoms with E-state index in [-0.39, 0.29) is 4.80 Å². The first kappa shape index (κ1) is 25.7. The van der Waals surface area contributed by atoms with Crippen LogP contribution in [0.1, 0.15) is 47.5 Å². The number of carbonyl (C=O) groups excluding carboxylic acids is 4. The second-order valence-corrected chi connectivity index (χ2v) is 9.29. The molecule has 0 N–H and O–H groups in total. The molecule has 1 aromatic heterocycles. The smallest absolute Gasteiger partial charge is 0.303 e. The monoisotopic (exact) mass is 516 g/mol. The van der Waals surface area contributed by atoms with Gasteiger partial charge >= 0.3 is 11.9 Å². The molecule has 3 aromatic carbocycles. The van der Waals surface area contributed by atoms with Crippen LogP contribution >= 0.6 is 11.3 Å². The summed E-state index contributed by atoms with van der Waals surface area (Å²) < 4.78 is 12.7. The quantitative estimate of drug-likeness (QED) is 0.345. The van der Waals surface area contributed by atoms with Crippen LogP contribution < -0.4 is 4.80 Å². The number of hydrogen-bond donors (Lipinski definition) is 0. The Labute approximate surface area is 216 Å². The van der Waals surface area contributed by atoms with E-state index in [9.17, 15) is 19.2 Å². The van der Waals surface area contributed by atoms with Crippen molar-refractivity contribution in [1.82, 2.24) is 4.57 Å². The van der Waals surface area contributed by atoms with Crippen molar-refractivity contribution in [1.29, 1.82) is 0 Å². The van der Waals surface area contributed by atoms with Crippen LogP contribution in [0.4, 0.5) is 0 Å². The highest BCUT2D eigenvalue weighted by atomic mass is 32.1. The molecular formula is C28H24N2O6S. The molecule has 8 nitrogen and oxygen atoms in total. The maximum atomic E-state index is 13.9. The van der Waals surface area contributed by atoms with Crippen molar-refractivity contribution in [2.24, 2.45) is 4.99 Å². The van der Waals surface area contributed by atoms with E-state index in [4.69, 9.17) is 9.47 Å². The minimum absolute atomic E-state index is 0.0665. The molecule has 0 radical (unpaired) electrons. The predicted molar refractivity (Wildman–Crippen MR) is 138 cm³/mol. The van der Waals surface area contributed by atoms with E-state index < -0.39 is 36.0 Å². The highest BCUT2D eigenvalue weighted by Gasteiger charge is 2.29. The van der Waals surface area contributed by atoms with Gasteiger partial charge in [-0.3, -0.25) is 23.7 Å². The number of esters is 2. The van der Waals surface area contributed by atoms with Gasteiger partial charge in [0.2, 0.25) is 17.0 Å². The minimum atomic E-state index is -1.28. The van der Waals surface area contributed by atoms with Gasteiger partial charge in [0, 0.05) is 25.0 Å². The van der Waals surface area contributed by atoms with E-state index in [0.717, 1.165) is 16.9 Å². The van der Waals surface area contributed by atoms with Gasteiger partial charge in [-0.2, -0.15) is 4.99 Å². The zero-order valence-corrected chi connectivity index (χ0v) is 21.2. The van der Waals surface area contributed by atoms with Gasteiger partial charge in [-0.15, -0.1) is 0 Å². The third-order valence-corrected chi connectivity index (χ3v) is 6.40. The Morgan fingerprint density at radius 3 is 1.89 bits per heavy atom. The first-order chi connectivity index (χ1) is 17.7. The molecule has 0 unspecified atom stereocenters. The summed E-state index contributed by atoms with van der Waals surface area (Å²) in [6.07, 6.45) is -2.54. The van der Waals surface area contributed by atoms with Crippen molar-refractivity contribution >= 4 is 45.3 Å². The van der Waals surface area contributed by atoms with Crippen LogP contribution in [0.2, 0.25) is 0 Å². The maximum absolute atomic E-state index is 13.9. The Hall–Kier alpha value is -4.37. The molecule has 0 fully saturated rings. The largest absolute Gasteiger partial charge is 0.447 e. The first-order valence-electron chi connectivity index (χ1n) is 11.4. The molecule has 0 spiro atoms. The van der Waals surface area contributed by atoms with Gasteiger partial charge < -0.3 is 9.47 Å². The average molecular weight is 517 g/mol. The van der Waals surface area contributed by atoms with Crippen molar-refractivity contribution in [3.05, 3.63) is 100 Å². The van der Waals surface area contributed by atoms with Gasteiger partial charge in [0.25, 0.3) is 11.8 Å². The molecule has 1 amide bonds. The number of aromatic nitrogens is 1. The van der Waals surface area contributed by atoms with Crippen molar-refractivity contribution in [3.63, 3.8) is 0 Å². The second-order valence-electron chi connectivity index (χ2n) is 8.28. The summed E-state index contributed by atoms with van der Waals surface area (Å²) in [6.45, 7) is 4.34. The zero-order valence-electron chi connectivity index (χ0n) is 20.4. The fourth-order valence-electron chi connectivity index (χ4n) is 3.80. The molecule has 0 aliphatic rings. The lowest BCUT2D eigenvalue weighted by Crippen LogP contribution is -2.31. The topological polar surface area (TPSA) is 104 Å². The highest BCUT2D eigenvalue weighted by molar-refractivity contribution is 7.16. The van der Waals surface area contributed by atoms with Crippen LogP contribution in [-0.4, -0.2) is 28.3 Å². The average Bonchev–Trinajstić information content (AvgIpc) is 3.22. The van der Waals surface area contributed by atoms with E-state index in [1.807, 2.05) is 19.1 Å². The summed E-state index contributed by atoms with van der Waals surface area (Å²) in [5.41, 5.74) is 2.38. The van der Waals surface area contributed by atoms with Gasteiger partial charge in [0.1, 0.15) is 0 Å². The van der Waals surface area contributed by atoms with Gasteiger partial charge in [-0.25, -0.2) is 0 Å². The van der Waals surface area contributed by atoms with Gasteiger partial charge in [0.15, 0.2) is 0 Å². The third kappa shape index (κ3) is 5.90. The van der Waals surface area contributed by atoms with Crippen molar-refractivity contribution in [2.75, 3.05) is 0 Å². The summed E-state index contributed by atoms with van der Waals surface area (Å²) in [5, 5.41) is 0. The fourth-order valence-corrected chi connectivity index (χ4v) is 4.92. The Kier molecular flexibility index (Phi) is 7.74. The van der Waals surface area contributed by atoms with E-state index in [2.05, 4.69) is 4.99 Å². The standard InChI is InChI=1S/C28H24N2O6S/c1-17-14-15-22-23(16-17)37-28(29-26(33)24(35-18(2)31)20-10-6-4-7-11-20)30(22)27(34)25(36-19(3)32)21-12-8-5-9-13-21/h4-16,24-25H,1-3H3/t24-,25-/m1/s1. The fraction of sp³-hybridized carbons (Fsp3) is 0.179. The molecule has 0 aliphatic heterocycles. The Bertz CT molecular complexity index is 1540. The van der Waals surface area contributed by atoms with Gasteiger partial charge in [-0.05, 0) is 24.6 Å². The lowest BCUT2D eigenvalue weighted by molar-refractivity contribution is -0.153. The van der Waals surface area contributed by atoms with E-state index in [1.165, 1.54) is 18.4 Å². The molecule has 4 aromatic rings. The third-order valence-electron chi connectivity index (χ3n) is 5.40. The van der Waals surface area contributed by atoms with E-state index >= 15 is 0 Å². The zero-order chi connectivity index (χ0) is 26.5. The molecule has 0 saturated carbocycles. The van der Waals surface area contributed by atoms with Crippen LogP contribution in [-0.2, 0) is 23.9 Å². The predicted octanol–water partition coefficient (Wildman–Crippen LogP) is 4.69. The van der Waals surface area contributed by atoms with Gasteiger partial charge in [-0.1, -0.05) is 78.1 Å². The van der Waals surface area contributed by atoms with Crippen LogP contribution in [0.15, 0.2) is 83.9 Å². The summed E-state index contributed by atoms with van der Waals surface area (Å²) in [6, 6.07) is 22.6. The normalized spacial score (nSPS) is 13.1. The summed E-state index contributed by atoms with van der Waals surface area (Å²) in [4.78, 5) is 55.2. The van der Waals surface area contributed by atoms with E-state index in [0.29, 0.717) is 21.3 Å². The lowest BCUT2D eigenvalue weighted by atomic mass is 10.1. The Morgan fingerprint density at radius 1 is 0.784 bits per heavy atom. The van der Waals surface area contributed by atoms with Crippen LogP contribution in [0.3, 0.4) is 0 Å². The van der Waals surface area contributed by atoms with Crippen LogP contribution in [0.5, 0.6) is 0 Å². The van der Waals surface area contributed by atoms with Gasteiger partial charge in [0.05, 0.1) is 10.2 Å². The number of thiazole rings is 1. The molecule has 2 atom stereocenters. The van der Waals surface area contributed by atoms with Crippen LogP contribution in [0.25, 0.3) is 10.2 Å². The maximum Gasteiger partial charge on any atom is 0.303 e. The molecule has 4 rings (SSSR count). The second kappa shape index (κ2) is 11.1. The lowest BCUT2D eigenvalue weighted by Gasteiger charge is -2.17. The highest BCUT2D eigenvalue weighted by Crippen LogP contribution is 2.25. The number of carbonyl (C=O) groups is 4. The Balaban J connectivity index is 1.89. The van der Waals surface area contributed by atoms with E-state index in [1.54, 1.807) is 66.7 Å². The van der Waals surface area contributed by atoms with Crippen molar-refractivity contribution in [2.45, 2.75) is 33.0 Å². The summed E-state index contributed by atoms with van der Waals surface area (Å²) in [5.74, 6) is -2.62. The van der Waals surface area contributed by atoms with Crippen LogP contribution in [0, 0.1) is 6.92 Å². The number of rotatable bonds is 6. The molecule has 0 bridgehead atoms. The summed E-state index contributed by atoms with van der Waals surface area (Å²) in [7, 11) is 0. The molecule has 9 heteroatoms. The number of hydrogen-bond acceptors (Lipinski definition) is 7.